The van der Waals surface area contributed by atoms with Gasteiger partial charge in [0.25, 0.3) is 5.82 Å². The molecule has 4 rings (SSSR count). The molecule has 2 heterocycles. The number of hydrogen-bond acceptors (Lipinski definition) is 5. The quantitative estimate of drug-likeness (QED) is 0.913. The topological polar surface area (TPSA) is 92.8 Å². The van der Waals surface area contributed by atoms with Crippen molar-refractivity contribution in [2.75, 3.05) is 13.2 Å². The molecule has 0 radical (unpaired) electrons. The Morgan fingerprint density at radius 1 is 1.40 bits per heavy atom. The fourth-order valence-corrected chi connectivity index (χ4v) is 4.04. The SMILES string of the molecule is N#Cc1ncn(CC(=O)NC2c3ccccc3CC23CCOCC3)n1. The van der Waals surface area contributed by atoms with Gasteiger partial charge in [0, 0.05) is 18.6 Å². The molecule has 0 bridgehead atoms. The maximum atomic E-state index is 12.6. The number of nitriles is 1. The van der Waals surface area contributed by atoms with Crippen molar-refractivity contribution in [2.24, 2.45) is 5.41 Å². The van der Waals surface area contributed by atoms with Crippen molar-refractivity contribution >= 4 is 5.91 Å². The number of carbonyl (C=O) groups is 1. The molecular weight excluding hydrogens is 318 g/mol. The third-order valence-electron chi connectivity index (χ3n) is 5.26. The molecule has 7 heteroatoms. The molecule has 1 aromatic heterocycles. The predicted octanol–water partition coefficient (Wildman–Crippen LogP) is 1.36. The summed E-state index contributed by atoms with van der Waals surface area (Å²) in [5.74, 6) is -0.0538. The van der Waals surface area contributed by atoms with E-state index in [2.05, 4.69) is 33.6 Å². The molecule has 1 aliphatic carbocycles. The molecular formula is C18H19N5O2. The van der Waals surface area contributed by atoms with Gasteiger partial charge in [-0.15, -0.1) is 5.10 Å². The molecule has 2 aliphatic rings. The first-order valence-corrected chi connectivity index (χ1v) is 8.45. The number of benzene rings is 1. The smallest absolute Gasteiger partial charge is 0.252 e. The van der Waals surface area contributed by atoms with E-state index in [-0.39, 0.29) is 29.7 Å². The summed E-state index contributed by atoms with van der Waals surface area (Å²) in [6.45, 7) is 1.52. The van der Waals surface area contributed by atoms with Gasteiger partial charge in [0.1, 0.15) is 18.9 Å². The van der Waals surface area contributed by atoms with Crippen LogP contribution in [0, 0.1) is 16.7 Å². The summed E-state index contributed by atoms with van der Waals surface area (Å²) in [5, 5.41) is 15.9. The second-order valence-corrected chi connectivity index (χ2v) is 6.73. The first kappa shape index (κ1) is 15.8. The number of ether oxygens (including phenoxy) is 1. The summed E-state index contributed by atoms with van der Waals surface area (Å²) in [6, 6.07) is 10.2. The van der Waals surface area contributed by atoms with Gasteiger partial charge in [-0.1, -0.05) is 24.3 Å². The Morgan fingerprint density at radius 2 is 2.20 bits per heavy atom. The second kappa shape index (κ2) is 6.30. The van der Waals surface area contributed by atoms with E-state index in [1.807, 2.05) is 12.1 Å². The lowest BCUT2D eigenvalue weighted by molar-refractivity contribution is -0.124. The highest BCUT2D eigenvalue weighted by Gasteiger charge is 2.47. The van der Waals surface area contributed by atoms with Crippen molar-refractivity contribution < 1.29 is 9.53 Å². The van der Waals surface area contributed by atoms with Crippen LogP contribution in [0.25, 0.3) is 0 Å². The summed E-state index contributed by atoms with van der Waals surface area (Å²) in [7, 11) is 0. The molecule has 1 aromatic carbocycles. The van der Waals surface area contributed by atoms with Crippen LogP contribution in [0.4, 0.5) is 0 Å². The van der Waals surface area contributed by atoms with Gasteiger partial charge in [0.15, 0.2) is 0 Å². The average Bonchev–Trinajstić information content (AvgIpc) is 3.19. The van der Waals surface area contributed by atoms with Crippen LogP contribution in [0.2, 0.25) is 0 Å². The Morgan fingerprint density at radius 3 is 2.96 bits per heavy atom. The molecule has 128 valence electrons. The number of carbonyl (C=O) groups excluding carboxylic acids is 1. The van der Waals surface area contributed by atoms with Crippen LogP contribution in [-0.4, -0.2) is 33.9 Å². The molecule has 25 heavy (non-hydrogen) atoms. The Bertz CT molecular complexity index is 832. The van der Waals surface area contributed by atoms with Crippen molar-refractivity contribution in [2.45, 2.75) is 31.8 Å². The van der Waals surface area contributed by atoms with E-state index in [1.54, 1.807) is 0 Å². The van der Waals surface area contributed by atoms with Gasteiger partial charge < -0.3 is 10.1 Å². The van der Waals surface area contributed by atoms with E-state index < -0.39 is 0 Å². The molecule has 7 nitrogen and oxygen atoms in total. The number of amides is 1. The zero-order valence-corrected chi connectivity index (χ0v) is 13.8. The van der Waals surface area contributed by atoms with E-state index in [0.29, 0.717) is 0 Å². The number of aromatic nitrogens is 3. The molecule has 2 aromatic rings. The highest BCUT2D eigenvalue weighted by atomic mass is 16.5. The normalized spacial score (nSPS) is 20.8. The lowest BCUT2D eigenvalue weighted by atomic mass is 9.74. The molecule has 1 unspecified atom stereocenters. The summed E-state index contributed by atoms with van der Waals surface area (Å²) in [6.07, 6.45) is 4.26. The third kappa shape index (κ3) is 2.89. The molecule has 1 N–H and O–H groups in total. The maximum absolute atomic E-state index is 12.6. The van der Waals surface area contributed by atoms with Crippen LogP contribution in [0.5, 0.6) is 0 Å². The van der Waals surface area contributed by atoms with Crippen LogP contribution >= 0.6 is 0 Å². The van der Waals surface area contributed by atoms with Crippen LogP contribution in [0.15, 0.2) is 30.6 Å². The van der Waals surface area contributed by atoms with Crippen molar-refractivity contribution in [1.29, 1.82) is 5.26 Å². The second-order valence-electron chi connectivity index (χ2n) is 6.73. The standard InChI is InChI=1S/C18H19N5O2/c19-10-15-20-12-23(22-15)11-16(24)21-17-14-4-2-1-3-13(14)9-18(17)5-7-25-8-6-18/h1-4,12,17H,5-9,11H2,(H,21,24). The highest BCUT2D eigenvalue weighted by Crippen LogP contribution is 2.51. The van der Waals surface area contributed by atoms with Crippen molar-refractivity contribution in [3.8, 4) is 6.07 Å². The molecule has 1 fully saturated rings. The first-order chi connectivity index (χ1) is 12.2. The predicted molar refractivity (Wildman–Crippen MR) is 88.3 cm³/mol. The van der Waals surface area contributed by atoms with E-state index in [0.717, 1.165) is 32.5 Å². The fourth-order valence-electron chi connectivity index (χ4n) is 4.04. The van der Waals surface area contributed by atoms with E-state index in [9.17, 15) is 4.79 Å². The minimum Gasteiger partial charge on any atom is -0.381 e. The summed E-state index contributed by atoms with van der Waals surface area (Å²) < 4.78 is 6.95. The first-order valence-electron chi connectivity index (χ1n) is 8.45. The summed E-state index contributed by atoms with van der Waals surface area (Å²) in [5.41, 5.74) is 2.54. The Labute approximate surface area is 145 Å². The molecule has 1 amide bonds. The van der Waals surface area contributed by atoms with E-state index >= 15 is 0 Å². The van der Waals surface area contributed by atoms with Crippen LogP contribution in [-0.2, 0) is 22.5 Å². The molecule has 1 atom stereocenters. The van der Waals surface area contributed by atoms with Gasteiger partial charge in [0.2, 0.25) is 5.91 Å². The Hall–Kier alpha value is -2.72. The van der Waals surface area contributed by atoms with E-state index in [1.165, 1.54) is 22.1 Å². The Balaban J connectivity index is 1.55. The molecule has 1 spiro atoms. The highest BCUT2D eigenvalue weighted by molar-refractivity contribution is 5.76. The fraction of sp³-hybridized carbons (Fsp3) is 0.444. The monoisotopic (exact) mass is 337 g/mol. The molecule has 1 saturated heterocycles. The zero-order valence-electron chi connectivity index (χ0n) is 13.8. The number of hydrogen-bond donors (Lipinski definition) is 1. The third-order valence-corrected chi connectivity index (χ3v) is 5.26. The van der Waals surface area contributed by atoms with Crippen molar-refractivity contribution in [1.82, 2.24) is 20.1 Å². The van der Waals surface area contributed by atoms with Gasteiger partial charge in [-0.05, 0) is 30.4 Å². The zero-order chi connectivity index (χ0) is 17.3. The van der Waals surface area contributed by atoms with Crippen LogP contribution < -0.4 is 5.32 Å². The number of nitrogens with zero attached hydrogens (tertiary/aromatic N) is 4. The molecule has 0 saturated carbocycles. The van der Waals surface area contributed by atoms with Gasteiger partial charge in [-0.3, -0.25) is 4.79 Å². The van der Waals surface area contributed by atoms with Crippen molar-refractivity contribution in [3.05, 3.63) is 47.5 Å². The lowest BCUT2D eigenvalue weighted by Crippen LogP contribution is -2.43. The van der Waals surface area contributed by atoms with Crippen LogP contribution in [0.1, 0.15) is 35.8 Å². The summed E-state index contributed by atoms with van der Waals surface area (Å²) >= 11 is 0. The molecule has 1 aliphatic heterocycles. The number of fused-ring (bicyclic) bond motifs is 1. The van der Waals surface area contributed by atoms with Crippen LogP contribution in [0.3, 0.4) is 0 Å². The summed E-state index contributed by atoms with van der Waals surface area (Å²) in [4.78, 5) is 16.4. The van der Waals surface area contributed by atoms with Gasteiger partial charge >= 0.3 is 0 Å². The maximum Gasteiger partial charge on any atom is 0.252 e. The Kier molecular flexibility index (Phi) is 3.98. The number of nitrogens with one attached hydrogen (secondary N) is 1. The average molecular weight is 337 g/mol. The lowest BCUT2D eigenvalue weighted by Gasteiger charge is -2.39. The minimum absolute atomic E-state index is 0.0148. The van der Waals surface area contributed by atoms with Crippen molar-refractivity contribution in [3.63, 3.8) is 0 Å². The largest absolute Gasteiger partial charge is 0.381 e. The van der Waals surface area contributed by atoms with E-state index in [4.69, 9.17) is 10.00 Å². The van der Waals surface area contributed by atoms with Gasteiger partial charge in [0.05, 0.1) is 6.04 Å². The van der Waals surface area contributed by atoms with Gasteiger partial charge in [-0.2, -0.15) is 5.26 Å². The minimum atomic E-state index is -0.123. The van der Waals surface area contributed by atoms with Gasteiger partial charge in [-0.25, -0.2) is 9.67 Å². The number of rotatable bonds is 3.